The van der Waals surface area contributed by atoms with E-state index in [-0.39, 0.29) is 0 Å². The zero-order valence-electron chi connectivity index (χ0n) is 13.2. The molecular weight excluding hydrogens is 256 g/mol. The Labute approximate surface area is 128 Å². The minimum absolute atomic E-state index is 0.597. The Morgan fingerprint density at radius 2 is 1.76 bits per heavy atom. The first-order valence-corrected chi connectivity index (χ1v) is 8.17. The normalized spacial score (nSPS) is 17.7. The summed E-state index contributed by atoms with van der Waals surface area (Å²) in [4.78, 5) is 2.60. The summed E-state index contributed by atoms with van der Waals surface area (Å²) in [6.07, 6.45) is 2.53. The van der Waals surface area contributed by atoms with Gasteiger partial charge in [0.2, 0.25) is 0 Å². The predicted molar refractivity (Wildman–Crippen MR) is 90.5 cm³/mol. The Bertz CT molecular complexity index is 578. The monoisotopic (exact) mass is 282 g/mol. The number of benzene rings is 2. The van der Waals surface area contributed by atoms with Crippen molar-refractivity contribution in [1.29, 1.82) is 0 Å². The lowest BCUT2D eigenvalue weighted by Crippen LogP contribution is -2.44. The van der Waals surface area contributed by atoms with E-state index in [4.69, 9.17) is 0 Å². The van der Waals surface area contributed by atoms with Crippen molar-refractivity contribution < 1.29 is 0 Å². The van der Waals surface area contributed by atoms with Crippen molar-refractivity contribution in [2.45, 2.75) is 45.3 Å². The van der Waals surface area contributed by atoms with E-state index in [9.17, 15) is 0 Å². The Balaban J connectivity index is 1.65. The standard InChI is InChI=1S/C19H26N2/c1-15(2)20-18-10-12-21(13-11-18)14-17-8-5-7-16-6-3-4-9-19(16)17/h3-9,15,18,20H,10-14H2,1-2H3. The Hall–Kier alpha value is -1.38. The van der Waals surface area contributed by atoms with Crippen LogP contribution < -0.4 is 5.32 Å². The minimum atomic E-state index is 0.597. The van der Waals surface area contributed by atoms with Crippen molar-refractivity contribution in [2.24, 2.45) is 0 Å². The van der Waals surface area contributed by atoms with Crippen LogP contribution in [0, 0.1) is 0 Å². The van der Waals surface area contributed by atoms with Gasteiger partial charge in [0.15, 0.2) is 0 Å². The molecule has 0 saturated carbocycles. The van der Waals surface area contributed by atoms with Crippen LogP contribution in [-0.4, -0.2) is 30.1 Å². The third-order valence-electron chi connectivity index (χ3n) is 4.43. The molecule has 3 rings (SSSR count). The maximum atomic E-state index is 3.67. The number of hydrogen-bond donors (Lipinski definition) is 1. The average molecular weight is 282 g/mol. The lowest BCUT2D eigenvalue weighted by molar-refractivity contribution is 0.187. The minimum Gasteiger partial charge on any atom is -0.312 e. The second-order valence-corrected chi connectivity index (χ2v) is 6.51. The molecule has 2 nitrogen and oxygen atoms in total. The number of hydrogen-bond acceptors (Lipinski definition) is 2. The fourth-order valence-corrected chi connectivity index (χ4v) is 3.40. The molecule has 2 heteroatoms. The molecule has 2 aromatic carbocycles. The summed E-state index contributed by atoms with van der Waals surface area (Å²) >= 11 is 0. The summed E-state index contributed by atoms with van der Waals surface area (Å²) < 4.78 is 0. The van der Waals surface area contributed by atoms with Gasteiger partial charge in [-0.1, -0.05) is 56.3 Å². The average Bonchev–Trinajstić information content (AvgIpc) is 2.49. The molecular formula is C19H26N2. The summed E-state index contributed by atoms with van der Waals surface area (Å²) in [6, 6.07) is 16.7. The highest BCUT2D eigenvalue weighted by atomic mass is 15.1. The molecule has 0 atom stereocenters. The van der Waals surface area contributed by atoms with Crippen molar-refractivity contribution in [3.8, 4) is 0 Å². The molecule has 0 bridgehead atoms. The first-order valence-electron chi connectivity index (χ1n) is 8.17. The fourth-order valence-electron chi connectivity index (χ4n) is 3.40. The second-order valence-electron chi connectivity index (χ2n) is 6.51. The van der Waals surface area contributed by atoms with Crippen LogP contribution in [0.5, 0.6) is 0 Å². The van der Waals surface area contributed by atoms with Gasteiger partial charge in [-0.25, -0.2) is 0 Å². The van der Waals surface area contributed by atoms with E-state index >= 15 is 0 Å². The summed E-state index contributed by atoms with van der Waals surface area (Å²) in [5.41, 5.74) is 1.46. The molecule has 21 heavy (non-hydrogen) atoms. The van der Waals surface area contributed by atoms with E-state index in [0.29, 0.717) is 12.1 Å². The number of likely N-dealkylation sites (tertiary alicyclic amines) is 1. The summed E-state index contributed by atoms with van der Waals surface area (Å²) in [5.74, 6) is 0. The number of nitrogens with one attached hydrogen (secondary N) is 1. The molecule has 1 heterocycles. The largest absolute Gasteiger partial charge is 0.312 e. The first-order chi connectivity index (χ1) is 10.2. The van der Waals surface area contributed by atoms with Crippen LogP contribution in [0.2, 0.25) is 0 Å². The van der Waals surface area contributed by atoms with Crippen molar-refractivity contribution in [2.75, 3.05) is 13.1 Å². The third-order valence-corrected chi connectivity index (χ3v) is 4.43. The van der Waals surface area contributed by atoms with Gasteiger partial charge in [0.1, 0.15) is 0 Å². The second kappa shape index (κ2) is 6.59. The summed E-state index contributed by atoms with van der Waals surface area (Å²) in [5, 5.41) is 6.43. The molecule has 0 aliphatic carbocycles. The zero-order valence-corrected chi connectivity index (χ0v) is 13.2. The van der Waals surface area contributed by atoms with E-state index < -0.39 is 0 Å². The van der Waals surface area contributed by atoms with Gasteiger partial charge in [-0.2, -0.15) is 0 Å². The highest BCUT2D eigenvalue weighted by Gasteiger charge is 2.19. The molecule has 1 fully saturated rings. The van der Waals surface area contributed by atoms with Gasteiger partial charge in [0, 0.05) is 18.6 Å². The third kappa shape index (κ3) is 3.63. The first kappa shape index (κ1) is 14.6. The molecule has 1 N–H and O–H groups in total. The van der Waals surface area contributed by atoms with E-state index in [1.165, 1.54) is 42.3 Å². The molecule has 2 aromatic rings. The predicted octanol–water partition coefficient (Wildman–Crippen LogP) is 3.80. The summed E-state index contributed by atoms with van der Waals surface area (Å²) in [7, 11) is 0. The van der Waals surface area contributed by atoms with Crippen LogP contribution in [0.15, 0.2) is 42.5 Å². The zero-order chi connectivity index (χ0) is 14.7. The number of rotatable bonds is 4. The highest BCUT2D eigenvalue weighted by molar-refractivity contribution is 5.85. The maximum Gasteiger partial charge on any atom is 0.0239 e. The summed E-state index contributed by atoms with van der Waals surface area (Å²) in [6.45, 7) is 7.96. The lowest BCUT2D eigenvalue weighted by Gasteiger charge is -2.33. The molecule has 0 amide bonds. The van der Waals surface area contributed by atoms with Crippen LogP contribution in [0.3, 0.4) is 0 Å². The Morgan fingerprint density at radius 3 is 2.52 bits per heavy atom. The molecule has 0 radical (unpaired) electrons. The van der Waals surface area contributed by atoms with Crippen LogP contribution in [0.1, 0.15) is 32.3 Å². The van der Waals surface area contributed by atoms with Gasteiger partial charge in [-0.05, 0) is 42.3 Å². The van der Waals surface area contributed by atoms with Crippen LogP contribution >= 0.6 is 0 Å². The van der Waals surface area contributed by atoms with Gasteiger partial charge in [0.25, 0.3) is 0 Å². The highest BCUT2D eigenvalue weighted by Crippen LogP contribution is 2.21. The van der Waals surface area contributed by atoms with E-state index in [1.54, 1.807) is 0 Å². The number of fused-ring (bicyclic) bond motifs is 1. The quantitative estimate of drug-likeness (QED) is 0.917. The smallest absolute Gasteiger partial charge is 0.0239 e. The molecule has 112 valence electrons. The van der Waals surface area contributed by atoms with Crippen molar-refractivity contribution in [3.05, 3.63) is 48.0 Å². The topological polar surface area (TPSA) is 15.3 Å². The molecule has 0 spiro atoms. The van der Waals surface area contributed by atoms with Gasteiger partial charge in [-0.3, -0.25) is 4.90 Å². The molecule has 0 aromatic heterocycles. The number of piperidine rings is 1. The molecule has 1 aliphatic heterocycles. The fraction of sp³-hybridized carbons (Fsp3) is 0.474. The van der Waals surface area contributed by atoms with E-state index in [0.717, 1.165) is 6.54 Å². The van der Waals surface area contributed by atoms with Crippen molar-refractivity contribution in [3.63, 3.8) is 0 Å². The maximum absolute atomic E-state index is 3.67. The van der Waals surface area contributed by atoms with Gasteiger partial charge >= 0.3 is 0 Å². The molecule has 1 saturated heterocycles. The van der Waals surface area contributed by atoms with Crippen LogP contribution in [-0.2, 0) is 6.54 Å². The van der Waals surface area contributed by atoms with Crippen molar-refractivity contribution in [1.82, 2.24) is 10.2 Å². The lowest BCUT2D eigenvalue weighted by atomic mass is 10.0. The number of nitrogens with zero attached hydrogens (tertiary/aromatic N) is 1. The van der Waals surface area contributed by atoms with Gasteiger partial charge < -0.3 is 5.32 Å². The van der Waals surface area contributed by atoms with Crippen LogP contribution in [0.4, 0.5) is 0 Å². The SMILES string of the molecule is CC(C)NC1CCN(Cc2cccc3ccccc23)CC1. The Morgan fingerprint density at radius 1 is 1.05 bits per heavy atom. The molecule has 0 unspecified atom stereocenters. The Kier molecular flexibility index (Phi) is 4.57. The van der Waals surface area contributed by atoms with Gasteiger partial charge in [-0.15, -0.1) is 0 Å². The van der Waals surface area contributed by atoms with E-state index in [2.05, 4.69) is 66.5 Å². The van der Waals surface area contributed by atoms with E-state index in [1.807, 2.05) is 0 Å². The van der Waals surface area contributed by atoms with Crippen LogP contribution in [0.25, 0.3) is 10.8 Å². The molecule has 1 aliphatic rings. The van der Waals surface area contributed by atoms with Gasteiger partial charge in [0.05, 0.1) is 0 Å². The van der Waals surface area contributed by atoms with Crippen molar-refractivity contribution >= 4 is 10.8 Å².